The topological polar surface area (TPSA) is 71.1 Å². The molecule has 0 radical (unpaired) electrons. The quantitative estimate of drug-likeness (QED) is 0.324. The van der Waals surface area contributed by atoms with Gasteiger partial charge in [0.15, 0.2) is 0 Å². The lowest BCUT2D eigenvalue weighted by Crippen LogP contribution is -2.16. The van der Waals surface area contributed by atoms with Crippen molar-refractivity contribution < 1.29 is 22.8 Å². The number of aromatic nitrogens is 1. The van der Waals surface area contributed by atoms with Gasteiger partial charge in [-0.05, 0) is 78.2 Å². The number of hydrogen-bond acceptors (Lipinski definition) is 3. The smallest absolute Gasteiger partial charge is 0.326 e. The molecule has 36 heavy (non-hydrogen) atoms. The monoisotopic (exact) mass is 489 g/mol. The van der Waals surface area contributed by atoms with E-state index in [9.17, 15) is 22.8 Å². The zero-order valence-electron chi connectivity index (χ0n) is 19.3. The number of hydrogen-bond donors (Lipinski definition) is 2. The van der Waals surface area contributed by atoms with Crippen molar-refractivity contribution >= 4 is 23.2 Å². The van der Waals surface area contributed by atoms with Crippen molar-refractivity contribution in [2.24, 2.45) is 0 Å². The van der Waals surface area contributed by atoms with Gasteiger partial charge in [0.05, 0.1) is 12.0 Å². The number of amides is 2. The van der Waals surface area contributed by atoms with E-state index < -0.39 is 17.6 Å². The average molecular weight is 489 g/mol. The summed E-state index contributed by atoms with van der Waals surface area (Å²) in [5, 5.41) is 5.59. The van der Waals surface area contributed by atoms with E-state index in [1.54, 1.807) is 67.7 Å². The first kappa shape index (κ1) is 24.7. The van der Waals surface area contributed by atoms with Gasteiger partial charge in [-0.2, -0.15) is 13.2 Å². The first-order valence-corrected chi connectivity index (χ1v) is 11.1. The third-order valence-corrected chi connectivity index (χ3v) is 5.51. The Hall–Kier alpha value is -4.46. The van der Waals surface area contributed by atoms with Crippen LogP contribution in [0.1, 0.15) is 27.2 Å². The van der Waals surface area contributed by atoms with Gasteiger partial charge in [-0.3, -0.25) is 14.6 Å². The Morgan fingerprint density at radius 2 is 1.47 bits per heavy atom. The van der Waals surface area contributed by atoms with Crippen LogP contribution in [0.2, 0.25) is 0 Å². The number of carbonyl (C=O) groups is 2. The Balaban J connectivity index is 1.47. The van der Waals surface area contributed by atoms with Crippen LogP contribution >= 0.6 is 0 Å². The summed E-state index contributed by atoms with van der Waals surface area (Å²) in [7, 11) is 0. The number of alkyl halides is 3. The van der Waals surface area contributed by atoms with E-state index in [2.05, 4.69) is 15.6 Å². The molecule has 0 aliphatic carbocycles. The lowest BCUT2D eigenvalue weighted by Gasteiger charge is -2.14. The zero-order chi connectivity index (χ0) is 25.7. The fourth-order valence-electron chi connectivity index (χ4n) is 3.77. The lowest BCUT2D eigenvalue weighted by atomic mass is 9.94. The highest BCUT2D eigenvalue weighted by Gasteiger charge is 2.30. The molecule has 3 aromatic carbocycles. The second kappa shape index (κ2) is 10.4. The molecule has 0 atom stereocenters. The van der Waals surface area contributed by atoms with E-state index >= 15 is 0 Å². The summed E-state index contributed by atoms with van der Waals surface area (Å²) in [6.45, 7) is 1.80. The zero-order valence-corrected chi connectivity index (χ0v) is 19.3. The highest BCUT2D eigenvalue weighted by Crippen LogP contribution is 2.33. The van der Waals surface area contributed by atoms with E-state index in [-0.39, 0.29) is 12.3 Å². The maximum Gasteiger partial charge on any atom is 0.416 e. The van der Waals surface area contributed by atoms with Crippen LogP contribution in [0, 0.1) is 6.92 Å². The number of halogens is 3. The lowest BCUT2D eigenvalue weighted by molar-refractivity contribution is -0.137. The van der Waals surface area contributed by atoms with Gasteiger partial charge >= 0.3 is 6.18 Å². The maximum atomic E-state index is 13.1. The predicted octanol–water partition coefficient (Wildman–Crippen LogP) is 6.51. The molecule has 182 valence electrons. The van der Waals surface area contributed by atoms with Crippen molar-refractivity contribution in [2.45, 2.75) is 19.5 Å². The summed E-state index contributed by atoms with van der Waals surface area (Å²) in [6.07, 6.45) is -2.68. The van der Waals surface area contributed by atoms with Crippen LogP contribution in [0.25, 0.3) is 11.1 Å². The van der Waals surface area contributed by atoms with E-state index in [0.717, 1.165) is 17.7 Å². The summed E-state index contributed by atoms with van der Waals surface area (Å²) in [5.41, 5.74) is 3.13. The van der Waals surface area contributed by atoms with Gasteiger partial charge in [0.2, 0.25) is 5.91 Å². The second-order valence-electron chi connectivity index (χ2n) is 8.15. The SMILES string of the molecule is Cc1cccc(C(=O)Nc2ccc(NC(=O)Cc3ccccn3)cc2)c1-c1ccc(C(F)(F)F)cc1. The molecule has 4 rings (SSSR count). The van der Waals surface area contributed by atoms with E-state index in [1.165, 1.54) is 12.1 Å². The minimum atomic E-state index is -4.44. The molecule has 0 aliphatic rings. The van der Waals surface area contributed by atoms with Crippen molar-refractivity contribution in [3.63, 3.8) is 0 Å². The van der Waals surface area contributed by atoms with Crippen molar-refractivity contribution in [1.29, 1.82) is 0 Å². The van der Waals surface area contributed by atoms with Crippen LogP contribution in [0.15, 0.2) is 91.1 Å². The van der Waals surface area contributed by atoms with Crippen molar-refractivity contribution in [2.75, 3.05) is 10.6 Å². The van der Waals surface area contributed by atoms with Crippen LogP contribution in [0.4, 0.5) is 24.5 Å². The van der Waals surface area contributed by atoms with Gasteiger partial charge in [-0.15, -0.1) is 0 Å². The Bertz CT molecular complexity index is 1370. The first-order valence-electron chi connectivity index (χ1n) is 11.1. The van der Waals surface area contributed by atoms with Gasteiger partial charge < -0.3 is 10.6 Å². The molecule has 0 saturated heterocycles. The Kier molecular flexibility index (Phi) is 7.15. The molecule has 1 heterocycles. The fourth-order valence-corrected chi connectivity index (χ4v) is 3.77. The summed E-state index contributed by atoms with van der Waals surface area (Å²) in [4.78, 5) is 29.4. The van der Waals surface area contributed by atoms with Crippen LogP contribution in [0.5, 0.6) is 0 Å². The number of pyridine rings is 1. The Morgan fingerprint density at radius 1 is 0.806 bits per heavy atom. The molecular weight excluding hydrogens is 467 g/mol. The number of carbonyl (C=O) groups excluding carboxylic acids is 2. The third kappa shape index (κ3) is 5.96. The van der Waals surface area contributed by atoms with Gasteiger partial charge in [-0.25, -0.2) is 0 Å². The first-order chi connectivity index (χ1) is 17.2. The van der Waals surface area contributed by atoms with Crippen molar-refractivity contribution in [3.8, 4) is 11.1 Å². The molecule has 2 N–H and O–H groups in total. The van der Waals surface area contributed by atoms with Crippen LogP contribution in [-0.2, 0) is 17.4 Å². The predicted molar refractivity (Wildman–Crippen MR) is 133 cm³/mol. The van der Waals surface area contributed by atoms with Gasteiger partial charge in [0, 0.05) is 28.8 Å². The van der Waals surface area contributed by atoms with Crippen molar-refractivity contribution in [1.82, 2.24) is 4.98 Å². The third-order valence-electron chi connectivity index (χ3n) is 5.51. The molecule has 8 heteroatoms. The molecule has 0 bridgehead atoms. The molecule has 5 nitrogen and oxygen atoms in total. The summed E-state index contributed by atoms with van der Waals surface area (Å²) in [6, 6.07) is 21.9. The van der Waals surface area contributed by atoms with E-state index in [1.807, 2.05) is 6.07 Å². The number of nitrogens with zero attached hydrogens (tertiary/aromatic N) is 1. The van der Waals surface area contributed by atoms with Gasteiger partial charge in [0.1, 0.15) is 0 Å². The molecular formula is C28H22F3N3O2. The van der Waals surface area contributed by atoms with E-state index in [4.69, 9.17) is 0 Å². The molecule has 0 aliphatic heterocycles. The van der Waals surface area contributed by atoms with Crippen LogP contribution in [0.3, 0.4) is 0 Å². The highest BCUT2D eigenvalue weighted by atomic mass is 19.4. The summed E-state index contributed by atoms with van der Waals surface area (Å²) >= 11 is 0. The minimum absolute atomic E-state index is 0.138. The summed E-state index contributed by atoms with van der Waals surface area (Å²) in [5.74, 6) is -0.619. The second-order valence-corrected chi connectivity index (χ2v) is 8.15. The maximum absolute atomic E-state index is 13.1. The van der Waals surface area contributed by atoms with E-state index in [0.29, 0.717) is 33.8 Å². The summed E-state index contributed by atoms with van der Waals surface area (Å²) < 4.78 is 38.9. The van der Waals surface area contributed by atoms with Crippen LogP contribution in [-0.4, -0.2) is 16.8 Å². The number of rotatable bonds is 6. The molecule has 0 fully saturated rings. The highest BCUT2D eigenvalue weighted by molar-refractivity contribution is 6.09. The number of anilines is 2. The molecule has 0 saturated carbocycles. The average Bonchev–Trinajstić information content (AvgIpc) is 2.85. The molecule has 0 unspecified atom stereocenters. The molecule has 2 amide bonds. The standard InChI is InChI=1S/C28H22F3N3O2/c1-18-5-4-7-24(26(18)19-8-10-20(11-9-19)28(29,30)31)27(36)34-22-14-12-21(13-15-22)33-25(35)17-23-6-2-3-16-32-23/h2-16H,17H2,1H3,(H,33,35)(H,34,36). The number of benzene rings is 3. The Morgan fingerprint density at radius 3 is 2.08 bits per heavy atom. The van der Waals surface area contributed by atoms with Gasteiger partial charge in [-0.1, -0.05) is 30.3 Å². The van der Waals surface area contributed by atoms with Crippen molar-refractivity contribution in [3.05, 3.63) is 114 Å². The fraction of sp³-hybridized carbons (Fsp3) is 0.107. The molecule has 4 aromatic rings. The minimum Gasteiger partial charge on any atom is -0.326 e. The number of nitrogens with one attached hydrogen (secondary N) is 2. The Labute approximate surface area is 206 Å². The van der Waals surface area contributed by atoms with Gasteiger partial charge in [0.25, 0.3) is 5.91 Å². The normalized spacial score (nSPS) is 11.1. The largest absolute Gasteiger partial charge is 0.416 e. The number of aryl methyl sites for hydroxylation is 1. The molecule has 1 aromatic heterocycles. The van der Waals surface area contributed by atoms with Crippen LogP contribution < -0.4 is 10.6 Å². The molecule has 0 spiro atoms.